The Morgan fingerprint density at radius 2 is 1.80 bits per heavy atom. The second-order valence-electron chi connectivity index (χ2n) is 6.31. The predicted molar refractivity (Wildman–Crippen MR) is 115 cm³/mol. The molecule has 0 aliphatic rings. The summed E-state index contributed by atoms with van der Waals surface area (Å²) < 4.78 is 42.3. The van der Waals surface area contributed by atoms with Crippen LogP contribution in [0.2, 0.25) is 0 Å². The van der Waals surface area contributed by atoms with Gasteiger partial charge in [0.25, 0.3) is 5.91 Å². The van der Waals surface area contributed by atoms with Crippen LogP contribution in [0.15, 0.2) is 29.2 Å². The number of nitrogens with two attached hydrogens (primary N) is 2. The Balaban J connectivity index is 0.00000841. The fourth-order valence-corrected chi connectivity index (χ4v) is 3.15. The number of alkyl halides is 3. The van der Waals surface area contributed by atoms with Crippen molar-refractivity contribution in [3.63, 3.8) is 0 Å². The lowest BCUT2D eigenvalue weighted by Crippen LogP contribution is -2.46. The molecule has 0 aromatic heterocycles. The molecule has 0 aliphatic carbocycles. The summed E-state index contributed by atoms with van der Waals surface area (Å²) in [5.41, 5.74) is 11.4. The number of esters is 1. The minimum Gasteiger partial charge on any atom is -0.454 e. The summed E-state index contributed by atoms with van der Waals surface area (Å²) >= 11 is 11.0. The van der Waals surface area contributed by atoms with Crippen molar-refractivity contribution in [2.45, 2.75) is 40.8 Å². The molecule has 0 radical (unpaired) electrons. The zero-order chi connectivity index (χ0) is 22.2. The summed E-state index contributed by atoms with van der Waals surface area (Å²) in [6.45, 7) is -0.788. The number of nitrogens with one attached hydrogen (secondary N) is 1. The first-order valence-corrected chi connectivity index (χ1v) is 11.4. The van der Waals surface area contributed by atoms with Crippen LogP contribution in [0.1, 0.15) is 24.5 Å². The molecule has 13 heteroatoms. The van der Waals surface area contributed by atoms with Gasteiger partial charge in [-0.05, 0) is 37.1 Å². The summed E-state index contributed by atoms with van der Waals surface area (Å²) in [7, 11) is -3.47. The molecular formula is C17H25Cl3FN3O5S. The van der Waals surface area contributed by atoms with E-state index in [2.05, 4.69) is 5.32 Å². The van der Waals surface area contributed by atoms with Crippen molar-refractivity contribution in [1.29, 1.82) is 0 Å². The average Bonchev–Trinajstić information content (AvgIpc) is 2.67. The Kier molecular flexibility index (Phi) is 12.8. The van der Waals surface area contributed by atoms with Crippen LogP contribution >= 0.6 is 35.6 Å². The van der Waals surface area contributed by atoms with Gasteiger partial charge in [-0.25, -0.2) is 12.8 Å². The van der Waals surface area contributed by atoms with Crippen molar-refractivity contribution >= 4 is 57.3 Å². The highest BCUT2D eigenvalue weighted by Gasteiger charge is 2.31. The van der Waals surface area contributed by atoms with Gasteiger partial charge >= 0.3 is 5.97 Å². The van der Waals surface area contributed by atoms with E-state index in [-0.39, 0.29) is 29.3 Å². The van der Waals surface area contributed by atoms with Gasteiger partial charge < -0.3 is 21.5 Å². The van der Waals surface area contributed by atoms with Gasteiger partial charge in [0.15, 0.2) is 14.7 Å². The van der Waals surface area contributed by atoms with Crippen molar-refractivity contribution in [2.75, 3.05) is 19.5 Å². The van der Waals surface area contributed by atoms with E-state index in [0.717, 1.165) is 6.26 Å². The van der Waals surface area contributed by atoms with E-state index >= 15 is 0 Å². The second kappa shape index (κ2) is 13.3. The van der Waals surface area contributed by atoms with Gasteiger partial charge in [0.2, 0.25) is 0 Å². The van der Waals surface area contributed by atoms with Gasteiger partial charge in [-0.15, -0.1) is 12.4 Å². The molecule has 0 unspecified atom stereocenters. The quantitative estimate of drug-likeness (QED) is 0.303. The van der Waals surface area contributed by atoms with E-state index in [0.29, 0.717) is 13.0 Å². The third kappa shape index (κ3) is 8.91. The van der Waals surface area contributed by atoms with Gasteiger partial charge in [-0.2, -0.15) is 0 Å². The average molecular weight is 509 g/mol. The lowest BCUT2D eigenvalue weighted by Gasteiger charge is -2.27. The molecule has 30 heavy (non-hydrogen) atoms. The maximum Gasteiger partial charge on any atom is 0.323 e. The summed E-state index contributed by atoms with van der Waals surface area (Å²) in [6, 6.07) is 2.95. The Hall–Kier alpha value is -1.17. The van der Waals surface area contributed by atoms with Crippen LogP contribution in [0.5, 0.6) is 0 Å². The second-order valence-corrected chi connectivity index (χ2v) is 9.42. The summed E-state index contributed by atoms with van der Waals surface area (Å²) in [6.07, 6.45) is 0.475. The van der Waals surface area contributed by atoms with E-state index in [1.54, 1.807) is 0 Å². The number of ether oxygens (including phenoxy) is 1. The Morgan fingerprint density at radius 3 is 2.23 bits per heavy atom. The van der Waals surface area contributed by atoms with Gasteiger partial charge in [0.1, 0.15) is 18.8 Å². The highest BCUT2D eigenvalue weighted by Crippen LogP contribution is 2.25. The number of amides is 1. The maximum atomic E-state index is 13.7. The highest BCUT2D eigenvalue weighted by molar-refractivity contribution is 7.90. The molecule has 172 valence electrons. The van der Waals surface area contributed by atoms with Crippen molar-refractivity contribution in [1.82, 2.24) is 5.32 Å². The molecule has 1 aromatic rings. The van der Waals surface area contributed by atoms with E-state index in [1.807, 2.05) is 0 Å². The smallest absolute Gasteiger partial charge is 0.323 e. The summed E-state index contributed by atoms with van der Waals surface area (Å²) in [5.74, 6) is -1.70. The number of carbonyl (C=O) groups is 2. The van der Waals surface area contributed by atoms with Crippen LogP contribution in [-0.2, 0) is 24.2 Å². The standard InChI is InChI=1S/C17H24Cl2FN3O5S.ClH/c1-29(26,27)11-6-4-10(5-7-11)14(13(9-20)23-16(24)15(18)19)28-17(25)12(22)3-2-8-21;/h4-7,12-15H,2-3,8-9,21-22H2,1H3,(H,23,24);1H/t12-,13-,14-;/m1./s1. The van der Waals surface area contributed by atoms with Crippen LogP contribution in [0.4, 0.5) is 4.39 Å². The fraction of sp³-hybridized carbons (Fsp3) is 0.529. The molecule has 0 bridgehead atoms. The maximum absolute atomic E-state index is 13.7. The van der Waals surface area contributed by atoms with E-state index in [4.69, 9.17) is 39.4 Å². The molecule has 0 saturated heterocycles. The molecule has 8 nitrogen and oxygen atoms in total. The third-order valence-electron chi connectivity index (χ3n) is 3.96. The first kappa shape index (κ1) is 28.8. The van der Waals surface area contributed by atoms with Crippen molar-refractivity contribution in [3.8, 4) is 0 Å². The van der Waals surface area contributed by atoms with Crippen LogP contribution in [0.3, 0.4) is 0 Å². The first-order valence-electron chi connectivity index (χ1n) is 8.61. The fourth-order valence-electron chi connectivity index (χ4n) is 2.40. The highest BCUT2D eigenvalue weighted by atomic mass is 35.5. The van der Waals surface area contributed by atoms with Gasteiger partial charge in [0.05, 0.1) is 10.9 Å². The molecular weight excluding hydrogens is 484 g/mol. The lowest BCUT2D eigenvalue weighted by molar-refractivity contribution is -0.154. The van der Waals surface area contributed by atoms with Crippen LogP contribution in [0, 0.1) is 0 Å². The number of benzene rings is 1. The molecule has 0 heterocycles. The third-order valence-corrected chi connectivity index (χ3v) is 5.48. The molecule has 0 spiro atoms. The summed E-state index contributed by atoms with van der Waals surface area (Å²) in [4.78, 5) is 22.7. The summed E-state index contributed by atoms with van der Waals surface area (Å²) in [5, 5.41) is 2.26. The van der Waals surface area contributed by atoms with Crippen molar-refractivity contribution < 1.29 is 27.1 Å². The normalized spacial score (nSPS) is 14.4. The largest absolute Gasteiger partial charge is 0.454 e. The number of hydrogen-bond acceptors (Lipinski definition) is 7. The van der Waals surface area contributed by atoms with E-state index in [9.17, 15) is 22.4 Å². The van der Waals surface area contributed by atoms with Crippen LogP contribution < -0.4 is 16.8 Å². The zero-order valence-electron chi connectivity index (χ0n) is 16.1. The molecule has 1 rings (SSSR count). The minimum absolute atomic E-state index is 0. The van der Waals surface area contributed by atoms with E-state index < -0.39 is 51.4 Å². The monoisotopic (exact) mass is 507 g/mol. The molecule has 0 fully saturated rings. The van der Waals surface area contributed by atoms with Gasteiger partial charge in [-0.1, -0.05) is 35.3 Å². The molecule has 0 aliphatic heterocycles. The van der Waals surface area contributed by atoms with E-state index in [1.165, 1.54) is 24.3 Å². The predicted octanol–water partition coefficient (Wildman–Crippen LogP) is 1.42. The molecule has 1 aromatic carbocycles. The van der Waals surface area contributed by atoms with Crippen LogP contribution in [-0.4, -0.2) is 56.7 Å². The SMILES string of the molecule is CS(=O)(=O)c1ccc([C@@H](OC(=O)[C@H](N)CCCN)[C@@H](CF)NC(=O)C(Cl)Cl)cc1.Cl. The number of carbonyl (C=O) groups excluding carboxylic acids is 2. The van der Waals surface area contributed by atoms with Gasteiger partial charge in [0, 0.05) is 6.26 Å². The Labute approximate surface area is 191 Å². The molecule has 3 atom stereocenters. The van der Waals surface area contributed by atoms with Crippen LogP contribution in [0.25, 0.3) is 0 Å². The number of sulfone groups is 1. The number of rotatable bonds is 11. The zero-order valence-corrected chi connectivity index (χ0v) is 19.2. The Morgan fingerprint density at radius 1 is 1.23 bits per heavy atom. The number of halogens is 4. The first-order chi connectivity index (χ1) is 13.5. The lowest BCUT2D eigenvalue weighted by atomic mass is 10.0. The molecule has 1 amide bonds. The molecule has 5 N–H and O–H groups in total. The van der Waals surface area contributed by atoms with Crippen molar-refractivity contribution in [3.05, 3.63) is 29.8 Å². The van der Waals surface area contributed by atoms with Crippen molar-refractivity contribution in [2.24, 2.45) is 11.5 Å². The molecule has 0 saturated carbocycles. The van der Waals surface area contributed by atoms with Gasteiger partial charge in [-0.3, -0.25) is 9.59 Å². The topological polar surface area (TPSA) is 142 Å². The number of hydrogen-bond donors (Lipinski definition) is 3. The Bertz CT molecular complexity index is 796. The minimum atomic E-state index is -3.47.